The van der Waals surface area contributed by atoms with Crippen LogP contribution in [0.25, 0.3) is 0 Å². The summed E-state index contributed by atoms with van der Waals surface area (Å²) in [6, 6.07) is 12.0. The minimum Gasteiger partial charge on any atom is -0.382 e. The molecule has 0 radical (unpaired) electrons. The topological polar surface area (TPSA) is 181 Å². The van der Waals surface area contributed by atoms with Crippen LogP contribution in [0.2, 0.25) is 5.15 Å². The number of aromatic nitrogens is 2. The zero-order valence-corrected chi connectivity index (χ0v) is 23.5. The molecule has 0 unspecified atom stereocenters. The number of nitrogens with zero attached hydrogens (tertiary/aromatic N) is 5. The van der Waals surface area contributed by atoms with E-state index in [1.807, 2.05) is 23.1 Å². The van der Waals surface area contributed by atoms with Crippen molar-refractivity contribution in [2.75, 3.05) is 51.2 Å². The highest BCUT2D eigenvalue weighted by Crippen LogP contribution is 2.36. The van der Waals surface area contributed by atoms with E-state index < -0.39 is 5.91 Å². The molecule has 0 spiro atoms. The summed E-state index contributed by atoms with van der Waals surface area (Å²) < 4.78 is 0. The van der Waals surface area contributed by atoms with Gasteiger partial charge in [0.2, 0.25) is 0 Å². The van der Waals surface area contributed by atoms with Gasteiger partial charge in [-0.2, -0.15) is 4.99 Å². The molecule has 1 aromatic carbocycles. The molecule has 2 aromatic rings. The minimum atomic E-state index is -0.776. The SMILES string of the molecule is CN1CCC(NC(=O)N2CCC(CCc3cc#ccc3)(CN/C(N)=N/C(=O)c3nc(Cl)c(N)nc3N)CC2)CC1. The Labute approximate surface area is 239 Å². The van der Waals surface area contributed by atoms with Crippen LogP contribution in [0.3, 0.4) is 0 Å². The third kappa shape index (κ3) is 7.64. The Morgan fingerprint density at radius 1 is 1.15 bits per heavy atom. The van der Waals surface area contributed by atoms with E-state index in [1.54, 1.807) is 0 Å². The maximum atomic E-state index is 13.0. The Bertz CT molecular complexity index is 1210. The molecule has 2 saturated heterocycles. The molecule has 0 bridgehead atoms. The Morgan fingerprint density at radius 2 is 1.88 bits per heavy atom. The Hall–Kier alpha value is -3.82. The van der Waals surface area contributed by atoms with E-state index in [0.717, 1.165) is 57.2 Å². The molecule has 13 heteroatoms. The van der Waals surface area contributed by atoms with Crippen molar-refractivity contribution in [2.45, 2.75) is 44.6 Å². The highest BCUT2D eigenvalue weighted by atomic mass is 35.5. The fourth-order valence-electron chi connectivity index (χ4n) is 5.14. The van der Waals surface area contributed by atoms with Crippen molar-refractivity contribution in [1.82, 2.24) is 30.4 Å². The summed E-state index contributed by atoms with van der Waals surface area (Å²) in [5, 5.41) is 6.19. The number of likely N-dealkylation sites (tertiary alicyclic amines) is 2. The van der Waals surface area contributed by atoms with Crippen LogP contribution in [0.15, 0.2) is 23.2 Å². The van der Waals surface area contributed by atoms with Crippen LogP contribution < -0.4 is 27.8 Å². The molecule has 2 aliphatic rings. The maximum absolute atomic E-state index is 13.0. The van der Waals surface area contributed by atoms with E-state index in [1.165, 1.54) is 0 Å². The highest BCUT2D eigenvalue weighted by molar-refractivity contribution is 6.31. The van der Waals surface area contributed by atoms with Crippen LogP contribution in [0, 0.1) is 17.5 Å². The summed E-state index contributed by atoms with van der Waals surface area (Å²) in [5.74, 6) is -1.10. The van der Waals surface area contributed by atoms with Crippen molar-refractivity contribution in [2.24, 2.45) is 16.1 Å². The summed E-state index contributed by atoms with van der Waals surface area (Å²) in [4.78, 5) is 41.4. The average Bonchev–Trinajstić information content (AvgIpc) is 2.95. The molecule has 3 heterocycles. The average molecular weight is 569 g/mol. The second-order valence-electron chi connectivity index (χ2n) is 10.6. The van der Waals surface area contributed by atoms with Crippen LogP contribution in [0.5, 0.6) is 0 Å². The third-order valence-corrected chi connectivity index (χ3v) is 8.08. The van der Waals surface area contributed by atoms with E-state index in [2.05, 4.69) is 49.7 Å². The van der Waals surface area contributed by atoms with Gasteiger partial charge < -0.3 is 37.6 Å². The third-order valence-electron chi connectivity index (χ3n) is 7.80. The number of carbonyl (C=O) groups is 2. The number of hydrogen-bond acceptors (Lipinski definition) is 7. The van der Waals surface area contributed by atoms with Crippen molar-refractivity contribution in [1.29, 1.82) is 0 Å². The number of aryl methyl sites for hydroxylation is 1. The number of rotatable bonds is 7. The number of guanidine groups is 1. The molecule has 12 nitrogen and oxygen atoms in total. The van der Waals surface area contributed by atoms with E-state index >= 15 is 0 Å². The van der Waals surface area contributed by atoms with Gasteiger partial charge in [-0.25, -0.2) is 14.8 Å². The van der Waals surface area contributed by atoms with Gasteiger partial charge in [0, 0.05) is 25.7 Å². The second kappa shape index (κ2) is 13.0. The summed E-state index contributed by atoms with van der Waals surface area (Å²) in [7, 11) is 2.10. The number of nitrogens with two attached hydrogens (primary N) is 3. The molecular formula is C27H37ClN10O2. The van der Waals surface area contributed by atoms with Gasteiger partial charge in [0.25, 0.3) is 0 Å². The number of urea groups is 1. The fourth-order valence-corrected chi connectivity index (χ4v) is 5.27. The van der Waals surface area contributed by atoms with Gasteiger partial charge in [-0.05, 0) is 81.8 Å². The Morgan fingerprint density at radius 3 is 2.55 bits per heavy atom. The van der Waals surface area contributed by atoms with Crippen molar-refractivity contribution in [3.05, 3.63) is 46.7 Å². The number of aliphatic imine (C=N–C) groups is 1. The number of carbonyl (C=O) groups excluding carboxylic acids is 2. The molecule has 2 fully saturated rings. The predicted molar refractivity (Wildman–Crippen MR) is 155 cm³/mol. The lowest BCUT2D eigenvalue weighted by atomic mass is 9.74. The highest BCUT2D eigenvalue weighted by Gasteiger charge is 2.36. The van der Waals surface area contributed by atoms with E-state index in [0.29, 0.717) is 19.6 Å². The molecule has 4 rings (SSSR count). The molecular weight excluding hydrogens is 532 g/mol. The monoisotopic (exact) mass is 568 g/mol. The minimum absolute atomic E-state index is 0.00293. The Kier molecular flexibility index (Phi) is 9.50. The summed E-state index contributed by atoms with van der Waals surface area (Å²) in [6.07, 6.45) is 5.17. The first-order chi connectivity index (χ1) is 19.1. The lowest BCUT2D eigenvalue weighted by Crippen LogP contribution is -2.53. The second-order valence-corrected chi connectivity index (χ2v) is 11.0. The molecule has 214 valence electrons. The summed E-state index contributed by atoms with van der Waals surface area (Å²) in [6.45, 7) is 3.71. The molecule has 0 saturated carbocycles. The van der Waals surface area contributed by atoms with Crippen LogP contribution in [0.1, 0.15) is 48.2 Å². The molecule has 40 heavy (non-hydrogen) atoms. The van der Waals surface area contributed by atoms with Gasteiger partial charge >= 0.3 is 11.9 Å². The first kappa shape index (κ1) is 29.2. The van der Waals surface area contributed by atoms with Crippen LogP contribution in [0.4, 0.5) is 16.4 Å². The van der Waals surface area contributed by atoms with Crippen molar-refractivity contribution in [3.63, 3.8) is 0 Å². The van der Waals surface area contributed by atoms with Gasteiger partial charge in [0.15, 0.2) is 28.4 Å². The zero-order valence-electron chi connectivity index (χ0n) is 22.8. The standard InChI is InChI=1S/C27H37ClN10O2/c1-37-13-8-19(9-14-37)33-26(40)38-15-11-27(12-16-38,10-7-18-5-3-2-4-6-18)17-32-25(31)36-24(39)20-22(29)35-23(30)21(28)34-20/h3,5-6,19H,7-17H2,1H3,(H,33,40)(H4,29,30,35)(H3,31,32,36,39). The summed E-state index contributed by atoms with van der Waals surface area (Å²) in [5.41, 5.74) is 18.2. The van der Waals surface area contributed by atoms with Crippen molar-refractivity contribution < 1.29 is 9.59 Å². The van der Waals surface area contributed by atoms with E-state index in [-0.39, 0.29) is 45.9 Å². The van der Waals surface area contributed by atoms with E-state index in [4.69, 9.17) is 28.8 Å². The summed E-state index contributed by atoms with van der Waals surface area (Å²) >= 11 is 5.89. The fraction of sp³-hybridized carbons (Fsp3) is 0.519. The van der Waals surface area contributed by atoms with Crippen molar-refractivity contribution in [3.8, 4) is 0 Å². The quantitative estimate of drug-likeness (QED) is 0.244. The molecule has 3 amide bonds. The van der Waals surface area contributed by atoms with Crippen LogP contribution in [-0.2, 0) is 6.42 Å². The lowest BCUT2D eigenvalue weighted by Gasteiger charge is -2.43. The first-order valence-electron chi connectivity index (χ1n) is 13.5. The van der Waals surface area contributed by atoms with Crippen molar-refractivity contribution >= 4 is 41.1 Å². The number of nitrogen functional groups attached to an aromatic ring is 2. The van der Waals surface area contributed by atoms with Gasteiger partial charge in [-0.1, -0.05) is 29.8 Å². The molecule has 8 N–H and O–H groups in total. The van der Waals surface area contributed by atoms with Crippen LogP contribution in [-0.4, -0.2) is 83.5 Å². The molecule has 0 atom stereocenters. The molecule has 1 aromatic heterocycles. The normalized spacial score (nSPS) is 18.1. The first-order valence-corrected chi connectivity index (χ1v) is 13.8. The number of anilines is 2. The molecule has 2 aliphatic heterocycles. The largest absolute Gasteiger partial charge is 0.382 e. The smallest absolute Gasteiger partial charge is 0.317 e. The van der Waals surface area contributed by atoms with E-state index in [9.17, 15) is 9.59 Å². The number of halogens is 1. The molecule has 0 aliphatic carbocycles. The number of piperidine rings is 2. The Balaban J connectivity index is 1.39. The lowest BCUT2D eigenvalue weighted by molar-refractivity contribution is 0.0993. The van der Waals surface area contributed by atoms with Gasteiger partial charge in [0.05, 0.1) is 0 Å². The van der Waals surface area contributed by atoms with Gasteiger partial charge in [0.1, 0.15) is 0 Å². The number of hydrogen-bond donors (Lipinski definition) is 5. The van der Waals surface area contributed by atoms with Gasteiger partial charge in [-0.15, -0.1) is 0 Å². The number of amides is 3. The van der Waals surface area contributed by atoms with Gasteiger partial charge in [-0.3, -0.25) is 4.79 Å². The maximum Gasteiger partial charge on any atom is 0.317 e. The zero-order chi connectivity index (χ0) is 28.7. The number of nitrogens with one attached hydrogen (secondary N) is 2. The predicted octanol–water partition coefficient (Wildman–Crippen LogP) is 1.46. The van der Waals surface area contributed by atoms with Crippen LogP contribution >= 0.6 is 11.6 Å².